The number of amides is 7. The molecule has 2 aliphatic carbocycles. The van der Waals surface area contributed by atoms with Gasteiger partial charge in [0, 0.05) is 137 Å². The minimum atomic E-state index is -0.603. The molecule has 0 bridgehead atoms. The van der Waals surface area contributed by atoms with Gasteiger partial charge in [0.25, 0.3) is 0 Å². The molecule has 1 saturated carbocycles. The predicted molar refractivity (Wildman–Crippen MR) is 396 cm³/mol. The van der Waals surface area contributed by atoms with Gasteiger partial charge in [-0.2, -0.15) is 23.5 Å². The number of Topliss-reactive ketones (excluding diaryl/α,β-unsaturated/α-hetero) is 1. The van der Waals surface area contributed by atoms with E-state index in [4.69, 9.17) is 17.2 Å². The van der Waals surface area contributed by atoms with Crippen LogP contribution in [0.5, 0.6) is 0 Å². The zero-order valence-corrected chi connectivity index (χ0v) is 61.9. The molecule has 0 radical (unpaired) electrons. The Balaban J connectivity index is 0.00000144. The Kier molecular flexibility index (Phi) is 56.6. The number of rotatable bonds is 47. The summed E-state index contributed by atoms with van der Waals surface area (Å²) in [7, 11) is 10.4. The first-order valence-corrected chi connectivity index (χ1v) is 38.0. The molecule has 2 rings (SSSR count). The molecule has 19 N–H and O–H groups in total. The van der Waals surface area contributed by atoms with Gasteiger partial charge in [0.05, 0.1) is 40.5 Å². The molecule has 31 heteroatoms. The number of hydrogen-bond donors (Lipinski definition) is 16. The van der Waals surface area contributed by atoms with E-state index >= 15 is 0 Å². The van der Waals surface area contributed by atoms with Gasteiger partial charge in [-0.25, -0.2) is 0 Å². The first kappa shape index (κ1) is 90.1. The molecular formula is C65H125N19O9S3. The molecule has 0 saturated heterocycles. The fourth-order valence-electron chi connectivity index (χ4n) is 9.74. The normalized spacial score (nSPS) is 16.3. The highest BCUT2D eigenvalue weighted by Gasteiger charge is 2.38. The fourth-order valence-corrected chi connectivity index (χ4v) is 12.0. The van der Waals surface area contributed by atoms with E-state index in [0.29, 0.717) is 130 Å². The lowest BCUT2D eigenvalue weighted by atomic mass is 9.77. The second kappa shape index (κ2) is 60.3. The molecule has 4 unspecified atom stereocenters. The molecule has 2 aliphatic rings. The van der Waals surface area contributed by atoms with Crippen LogP contribution in [0.3, 0.4) is 0 Å². The molecule has 4 atom stereocenters. The minimum Gasteiger partial charge on any atom is -0.359 e. The molecule has 0 aromatic rings. The number of nitrogens with zero attached hydrogens (tertiary/aromatic N) is 3. The van der Waals surface area contributed by atoms with Crippen LogP contribution in [0, 0.1) is 17.8 Å². The molecule has 28 nitrogen and oxygen atoms in total. The molecule has 552 valence electrons. The lowest BCUT2D eigenvalue weighted by Gasteiger charge is -2.28. The van der Waals surface area contributed by atoms with Crippen molar-refractivity contribution in [1.82, 2.24) is 69.1 Å². The Morgan fingerprint density at radius 2 is 0.844 bits per heavy atom. The number of nitrogens with two attached hydrogens (primary N) is 3. The van der Waals surface area contributed by atoms with Gasteiger partial charge in [-0.1, -0.05) is 59.3 Å². The number of ketones is 2. The summed E-state index contributed by atoms with van der Waals surface area (Å²) in [5.41, 5.74) is 17.8. The van der Waals surface area contributed by atoms with E-state index in [1.807, 2.05) is 0 Å². The van der Waals surface area contributed by atoms with E-state index in [2.05, 4.69) is 105 Å². The van der Waals surface area contributed by atoms with Crippen LogP contribution in [0.2, 0.25) is 0 Å². The highest BCUT2D eigenvalue weighted by atomic mass is 32.2. The molecule has 0 aliphatic heterocycles. The number of unbranched alkanes of at least 4 members (excludes halogenated alkanes) is 6. The lowest BCUT2D eigenvalue weighted by molar-refractivity contribution is -0.128. The molecule has 0 heterocycles. The topological polar surface area (TPSA) is 425 Å². The molecule has 0 aromatic carbocycles. The van der Waals surface area contributed by atoms with Crippen molar-refractivity contribution in [3.63, 3.8) is 0 Å². The quantitative estimate of drug-likeness (QED) is 0.0178. The average Bonchev–Trinajstić information content (AvgIpc) is 1.67. The van der Waals surface area contributed by atoms with Crippen LogP contribution in [-0.2, 0) is 43.2 Å². The maximum atomic E-state index is 12.9. The Hall–Kier alpha value is -5.89. The van der Waals surface area contributed by atoms with Gasteiger partial charge in [-0.15, -0.1) is 11.8 Å². The number of carbonyl (C=O) groups excluding carboxylic acids is 9. The molecule has 0 aromatic heterocycles. The van der Waals surface area contributed by atoms with Crippen molar-refractivity contribution in [2.45, 2.75) is 174 Å². The largest absolute Gasteiger partial charge is 0.359 e. The molecular weight excluding hydrogens is 1290 g/mol. The smallest absolute Gasteiger partial charge is 0.236 e. The maximum Gasteiger partial charge on any atom is 0.236 e. The molecule has 0 spiro atoms. The van der Waals surface area contributed by atoms with Gasteiger partial charge >= 0.3 is 0 Å². The third-order valence-corrected chi connectivity index (χ3v) is 18.4. The second-order valence-electron chi connectivity index (χ2n) is 23.3. The van der Waals surface area contributed by atoms with Crippen molar-refractivity contribution >= 4 is 106 Å². The Morgan fingerprint density at radius 1 is 0.469 bits per heavy atom. The summed E-state index contributed by atoms with van der Waals surface area (Å²) in [6.45, 7) is 12.3. The number of nitrogens with one attached hydrogen (secondary N) is 13. The first-order valence-electron chi connectivity index (χ1n) is 34.7. The number of allylic oxidation sites excluding steroid dienone is 2. The monoisotopic (exact) mass is 1410 g/mol. The Morgan fingerprint density at radius 3 is 1.24 bits per heavy atom. The maximum absolute atomic E-state index is 12.9. The van der Waals surface area contributed by atoms with Crippen molar-refractivity contribution < 1.29 is 43.2 Å². The van der Waals surface area contributed by atoms with Gasteiger partial charge in [-0.05, 0) is 102 Å². The van der Waals surface area contributed by atoms with Crippen LogP contribution in [0.4, 0.5) is 0 Å². The fraction of sp³-hybridized carbons (Fsp3) is 0.785. The average molecular weight is 1410 g/mol. The predicted octanol–water partition coefficient (Wildman–Crippen LogP) is 1.49. The summed E-state index contributed by atoms with van der Waals surface area (Å²) in [4.78, 5) is 122. The third-order valence-electron chi connectivity index (χ3n) is 15.5. The number of carbonyl (C=O) groups is 9. The Labute approximate surface area is 586 Å². The molecule has 1 fully saturated rings. The van der Waals surface area contributed by atoms with Gasteiger partial charge in [0.1, 0.15) is 0 Å². The van der Waals surface area contributed by atoms with Crippen LogP contribution in [-0.4, -0.2) is 225 Å². The van der Waals surface area contributed by atoms with Crippen LogP contribution in [0.1, 0.15) is 156 Å². The van der Waals surface area contributed by atoms with Crippen molar-refractivity contribution in [3.8, 4) is 0 Å². The van der Waals surface area contributed by atoms with Crippen LogP contribution < -0.4 is 86.3 Å². The summed E-state index contributed by atoms with van der Waals surface area (Å²) in [6, 6.07) is -1.67. The summed E-state index contributed by atoms with van der Waals surface area (Å²) in [5, 5.41) is 38.0. The van der Waals surface area contributed by atoms with Gasteiger partial charge in [0.15, 0.2) is 29.4 Å². The highest BCUT2D eigenvalue weighted by molar-refractivity contribution is 8.04. The molecule has 7 amide bonds. The van der Waals surface area contributed by atoms with Crippen molar-refractivity contribution in [2.24, 2.45) is 49.9 Å². The van der Waals surface area contributed by atoms with Gasteiger partial charge in [0.2, 0.25) is 41.4 Å². The number of hydrogen-bond acceptors (Lipinski definition) is 18. The summed E-state index contributed by atoms with van der Waals surface area (Å²) in [5.74, 6) is 3.62. The lowest BCUT2D eigenvalue weighted by Crippen LogP contribution is -2.42. The van der Waals surface area contributed by atoms with Crippen molar-refractivity contribution in [1.29, 1.82) is 0 Å². The van der Waals surface area contributed by atoms with E-state index in [-0.39, 0.29) is 65.3 Å². The zero-order valence-electron chi connectivity index (χ0n) is 59.5. The van der Waals surface area contributed by atoms with E-state index in [9.17, 15) is 43.2 Å². The molecule has 96 heavy (non-hydrogen) atoms. The summed E-state index contributed by atoms with van der Waals surface area (Å²) in [6.07, 6.45) is 19.4. The van der Waals surface area contributed by atoms with Crippen LogP contribution in [0.15, 0.2) is 26.0 Å². The van der Waals surface area contributed by atoms with E-state index in [1.54, 1.807) is 42.3 Å². The SMILES string of the molecule is CCCCCNC(=O)C1CCC(CC2C(=O)C=C(SCCNC(=O)C(N)CCCNC(=NC)NC)C2=O)CC1.CCCCCNC(=O)CCNC(=O)CSCCNC(=O)C(N)CCCNC(=NC)NC.CCCCCNC(=O)CSCCNC(=O)C(N)CCCNC(=NC)NC. The number of aliphatic imine (C=N–C) groups is 3. The summed E-state index contributed by atoms with van der Waals surface area (Å²) < 4.78 is 0. The van der Waals surface area contributed by atoms with E-state index in [0.717, 1.165) is 122 Å². The van der Waals surface area contributed by atoms with Crippen molar-refractivity contribution in [3.05, 3.63) is 11.0 Å². The van der Waals surface area contributed by atoms with Crippen LogP contribution in [0.25, 0.3) is 0 Å². The van der Waals surface area contributed by atoms with Gasteiger partial charge < -0.3 is 86.3 Å². The third kappa shape index (κ3) is 46.3. The highest BCUT2D eigenvalue weighted by Crippen LogP contribution is 2.37. The van der Waals surface area contributed by atoms with E-state index < -0.39 is 24.0 Å². The number of guanidine groups is 3. The zero-order chi connectivity index (χ0) is 71.6. The van der Waals surface area contributed by atoms with Crippen molar-refractivity contribution in [2.75, 3.05) is 136 Å². The summed E-state index contributed by atoms with van der Waals surface area (Å²) >= 11 is 4.25. The first-order chi connectivity index (χ1) is 46.3. The van der Waals surface area contributed by atoms with Gasteiger partial charge in [-0.3, -0.25) is 58.1 Å². The Bertz CT molecular complexity index is 2330. The number of thioether (sulfide) groups is 3. The van der Waals surface area contributed by atoms with E-state index in [1.165, 1.54) is 41.4 Å². The minimum absolute atomic E-state index is 0.0418. The second-order valence-corrected chi connectivity index (χ2v) is 26.7. The van der Waals surface area contributed by atoms with Crippen LogP contribution >= 0.6 is 35.3 Å². The standard InChI is InChI=1S/C28H48N6O4S.C20H41N7O3S.C17H36N6O2S/c1-4-5-6-13-32-26(37)20-11-9-19(10-12-20)17-21-23(35)18-24(25(21)36)39-16-15-33-27(38)22(29)8-7-14-34-28(30-2)31-3;1-4-5-6-10-24-17(28)9-12-25-18(29)15-31-14-13-26-19(30)16(21)8-7-11-27-20(22-2)23-3;1-4-5-6-9-21-15(24)13-26-12-11-22-16(25)14(18)8-7-10-23-17(19-2)20-3/h18-22H,4-17,29H2,1-3H3,(H,32,37)(H,33,38)(H2,30,31,34);16H,4-15,21H2,1-3H3,(H,24,28)(H,25,29)(H,26,30)(H2,22,23,27);14H,4-13,18H2,1-3H3,(H,21,24)(H,22,25)(H2,19,20,23).